The molecule has 0 unspecified atom stereocenters. The summed E-state index contributed by atoms with van der Waals surface area (Å²) in [5.41, 5.74) is 0.738. The van der Waals surface area contributed by atoms with Crippen molar-refractivity contribution in [3.8, 4) is 0 Å². The van der Waals surface area contributed by atoms with Gasteiger partial charge in [-0.2, -0.15) is 5.10 Å². The van der Waals surface area contributed by atoms with E-state index in [-0.39, 0.29) is 0 Å². The fourth-order valence-electron chi connectivity index (χ4n) is 0.548. The molecule has 0 fully saturated rings. The molecule has 9 heavy (non-hydrogen) atoms. The monoisotopic (exact) mass is 144 g/mol. The first kappa shape index (κ1) is 6.56. The summed E-state index contributed by atoms with van der Waals surface area (Å²) in [6.07, 6.45) is 1.61. The zero-order chi connectivity index (χ0) is 6.91. The van der Waals surface area contributed by atoms with Crippen molar-refractivity contribution >= 4 is 12.6 Å². The van der Waals surface area contributed by atoms with Gasteiger partial charge >= 0.3 is 0 Å². The third kappa shape index (κ3) is 1.42. The van der Waals surface area contributed by atoms with Gasteiger partial charge in [-0.15, -0.1) is 0 Å². The van der Waals surface area contributed by atoms with Crippen molar-refractivity contribution in [3.05, 3.63) is 12.3 Å². The standard InChI is InChI=1S/C5H9N2OP/c1-9(2,8)5-3-4-6-7-5/h3-4H,1-2H3,(H,6,7). The third-order valence-corrected chi connectivity index (χ3v) is 2.48. The van der Waals surface area contributed by atoms with Crippen LogP contribution in [0.3, 0.4) is 0 Å². The van der Waals surface area contributed by atoms with E-state index in [4.69, 9.17) is 0 Å². The fourth-order valence-corrected chi connectivity index (χ4v) is 1.27. The fraction of sp³-hybridized carbons (Fsp3) is 0.400. The molecule has 0 saturated carbocycles. The zero-order valence-electron chi connectivity index (χ0n) is 5.46. The summed E-state index contributed by atoms with van der Waals surface area (Å²) in [6, 6.07) is 1.74. The van der Waals surface area contributed by atoms with Crippen LogP contribution in [0.25, 0.3) is 0 Å². The molecule has 1 aromatic heterocycles. The quantitative estimate of drug-likeness (QED) is 0.588. The molecule has 0 spiro atoms. The summed E-state index contributed by atoms with van der Waals surface area (Å²) >= 11 is 0. The van der Waals surface area contributed by atoms with E-state index in [0.717, 1.165) is 5.44 Å². The van der Waals surface area contributed by atoms with Crippen molar-refractivity contribution in [2.45, 2.75) is 0 Å². The molecule has 0 bridgehead atoms. The van der Waals surface area contributed by atoms with Crippen LogP contribution in [0, 0.1) is 0 Å². The number of H-pyrrole nitrogens is 1. The first-order valence-corrected chi connectivity index (χ1v) is 5.26. The molecule has 1 N–H and O–H groups in total. The van der Waals surface area contributed by atoms with E-state index >= 15 is 0 Å². The lowest BCUT2D eigenvalue weighted by atomic mass is 10.8. The number of aromatic nitrogens is 2. The highest BCUT2D eigenvalue weighted by Crippen LogP contribution is 2.32. The van der Waals surface area contributed by atoms with Crippen molar-refractivity contribution < 1.29 is 4.57 Å². The zero-order valence-corrected chi connectivity index (χ0v) is 6.35. The Hall–Kier alpha value is -0.560. The maximum Gasteiger partial charge on any atom is 0.126 e. The molecule has 0 aliphatic carbocycles. The highest BCUT2D eigenvalue weighted by molar-refractivity contribution is 7.69. The van der Waals surface area contributed by atoms with Gasteiger partial charge in [0.15, 0.2) is 0 Å². The van der Waals surface area contributed by atoms with Crippen LogP contribution in [0.4, 0.5) is 0 Å². The number of rotatable bonds is 1. The maximum absolute atomic E-state index is 11.2. The lowest BCUT2D eigenvalue weighted by Crippen LogP contribution is -2.02. The molecule has 3 nitrogen and oxygen atoms in total. The van der Waals surface area contributed by atoms with Crippen LogP contribution in [0.5, 0.6) is 0 Å². The topological polar surface area (TPSA) is 45.8 Å². The second-order valence-electron chi connectivity index (χ2n) is 2.29. The average molecular weight is 144 g/mol. The van der Waals surface area contributed by atoms with Gasteiger partial charge < -0.3 is 4.57 Å². The summed E-state index contributed by atoms with van der Waals surface area (Å²) < 4.78 is 11.2. The minimum atomic E-state index is -2.09. The number of hydrogen-bond donors (Lipinski definition) is 1. The normalized spacial score (nSPS) is 11.8. The second-order valence-corrected chi connectivity index (χ2v) is 5.48. The molecule has 0 aromatic carbocycles. The molecule has 0 aliphatic rings. The molecule has 50 valence electrons. The number of aromatic amines is 1. The van der Waals surface area contributed by atoms with Crippen molar-refractivity contribution in [1.82, 2.24) is 10.2 Å². The molecule has 1 aromatic rings. The van der Waals surface area contributed by atoms with E-state index < -0.39 is 7.14 Å². The van der Waals surface area contributed by atoms with Crippen LogP contribution in [0.1, 0.15) is 0 Å². The molecule has 0 amide bonds. The molecule has 0 aliphatic heterocycles. The van der Waals surface area contributed by atoms with Gasteiger partial charge in [0, 0.05) is 6.20 Å². The SMILES string of the molecule is CP(C)(=O)c1ccn[nH]1. The highest BCUT2D eigenvalue weighted by Gasteiger charge is 2.10. The Bertz CT molecular complexity index is 223. The van der Waals surface area contributed by atoms with Gasteiger partial charge in [0.2, 0.25) is 0 Å². The van der Waals surface area contributed by atoms with Crippen LogP contribution in [-0.2, 0) is 4.57 Å². The minimum absolute atomic E-state index is 0.738. The van der Waals surface area contributed by atoms with Crippen molar-refractivity contribution in [2.24, 2.45) is 0 Å². The van der Waals surface area contributed by atoms with Crippen LogP contribution in [-0.4, -0.2) is 23.5 Å². The van der Waals surface area contributed by atoms with E-state index in [1.807, 2.05) is 0 Å². The lowest BCUT2D eigenvalue weighted by Gasteiger charge is -1.99. The Morgan fingerprint density at radius 3 is 2.56 bits per heavy atom. The minimum Gasteiger partial charge on any atom is -0.318 e. The van der Waals surface area contributed by atoms with Gasteiger partial charge in [0.25, 0.3) is 0 Å². The first-order chi connectivity index (χ1) is 4.11. The van der Waals surface area contributed by atoms with Gasteiger partial charge in [-0.1, -0.05) is 0 Å². The van der Waals surface area contributed by atoms with Crippen molar-refractivity contribution in [3.63, 3.8) is 0 Å². The molecule has 0 atom stereocenters. The summed E-state index contributed by atoms with van der Waals surface area (Å²) in [5.74, 6) is 0. The summed E-state index contributed by atoms with van der Waals surface area (Å²) in [6.45, 7) is 3.42. The molecule has 4 heteroatoms. The Labute approximate surface area is 53.8 Å². The Balaban J connectivity index is 3.04. The molecular weight excluding hydrogens is 135 g/mol. The smallest absolute Gasteiger partial charge is 0.126 e. The van der Waals surface area contributed by atoms with Gasteiger partial charge in [-0.3, -0.25) is 5.10 Å². The van der Waals surface area contributed by atoms with Gasteiger partial charge in [0.1, 0.15) is 7.14 Å². The molecular formula is C5H9N2OP. The van der Waals surface area contributed by atoms with E-state index in [1.165, 1.54) is 0 Å². The largest absolute Gasteiger partial charge is 0.318 e. The molecule has 1 heterocycles. The first-order valence-electron chi connectivity index (χ1n) is 2.65. The predicted octanol–water partition coefficient (Wildman–Crippen LogP) is 0.658. The predicted molar refractivity (Wildman–Crippen MR) is 37.7 cm³/mol. The van der Waals surface area contributed by atoms with E-state index in [2.05, 4.69) is 10.2 Å². The van der Waals surface area contributed by atoms with Crippen LogP contribution in [0.15, 0.2) is 12.3 Å². The maximum atomic E-state index is 11.2. The van der Waals surface area contributed by atoms with Gasteiger partial charge in [0.05, 0.1) is 5.44 Å². The van der Waals surface area contributed by atoms with Crippen LogP contribution >= 0.6 is 7.14 Å². The van der Waals surface area contributed by atoms with Crippen LogP contribution in [0.2, 0.25) is 0 Å². The van der Waals surface area contributed by atoms with Crippen molar-refractivity contribution in [1.29, 1.82) is 0 Å². The van der Waals surface area contributed by atoms with Crippen LogP contribution < -0.4 is 5.44 Å². The molecule has 0 radical (unpaired) electrons. The van der Waals surface area contributed by atoms with E-state index in [1.54, 1.807) is 25.6 Å². The Morgan fingerprint density at radius 1 is 1.67 bits per heavy atom. The highest BCUT2D eigenvalue weighted by atomic mass is 31.2. The van der Waals surface area contributed by atoms with E-state index in [0.29, 0.717) is 0 Å². The third-order valence-electron chi connectivity index (χ3n) is 1.07. The second kappa shape index (κ2) is 1.99. The summed E-state index contributed by atoms with van der Waals surface area (Å²) in [7, 11) is -2.09. The number of nitrogens with one attached hydrogen (secondary N) is 1. The lowest BCUT2D eigenvalue weighted by molar-refractivity contribution is 0.587. The Kier molecular flexibility index (Phi) is 1.45. The molecule has 0 saturated heterocycles. The summed E-state index contributed by atoms with van der Waals surface area (Å²) in [5, 5.41) is 6.36. The molecule has 1 rings (SSSR count). The Morgan fingerprint density at radius 2 is 2.33 bits per heavy atom. The van der Waals surface area contributed by atoms with Gasteiger partial charge in [-0.25, -0.2) is 0 Å². The van der Waals surface area contributed by atoms with E-state index in [9.17, 15) is 4.57 Å². The van der Waals surface area contributed by atoms with Crippen molar-refractivity contribution in [2.75, 3.05) is 13.3 Å². The average Bonchev–Trinajstić information content (AvgIpc) is 2.08. The summed E-state index contributed by atoms with van der Waals surface area (Å²) in [4.78, 5) is 0. The number of hydrogen-bond acceptors (Lipinski definition) is 2. The van der Waals surface area contributed by atoms with Gasteiger partial charge in [-0.05, 0) is 19.4 Å². The number of nitrogens with zero attached hydrogens (tertiary/aromatic N) is 1.